The Balaban J connectivity index is 0.00000341. The fourth-order valence-corrected chi connectivity index (χ4v) is 4.07. The predicted molar refractivity (Wildman–Crippen MR) is 135 cm³/mol. The molecule has 0 spiro atoms. The van der Waals surface area contributed by atoms with Crippen molar-refractivity contribution in [3.05, 3.63) is 59.9 Å². The minimum atomic E-state index is -3.45. The molecule has 0 amide bonds. The molecule has 10 heteroatoms. The van der Waals surface area contributed by atoms with Gasteiger partial charge in [-0.1, -0.05) is 24.3 Å². The summed E-state index contributed by atoms with van der Waals surface area (Å²) in [7, 11) is -0.338. The Morgan fingerprint density at radius 1 is 1.13 bits per heavy atom. The maximum absolute atomic E-state index is 12.0. The molecule has 3 aromatic rings. The number of hydrogen-bond acceptors (Lipinski definition) is 4. The molecule has 0 radical (unpaired) electrons. The number of nitrogens with zero attached hydrogens (tertiary/aromatic N) is 3. The van der Waals surface area contributed by atoms with Gasteiger partial charge < -0.3 is 15.2 Å². The second kappa shape index (κ2) is 11.4. The highest BCUT2D eigenvalue weighted by Crippen LogP contribution is 2.15. The van der Waals surface area contributed by atoms with Crippen molar-refractivity contribution in [3.63, 3.8) is 0 Å². The highest BCUT2D eigenvalue weighted by atomic mass is 127. The summed E-state index contributed by atoms with van der Waals surface area (Å²) in [5.74, 6) is 1.68. The Labute approximate surface area is 200 Å². The van der Waals surface area contributed by atoms with Crippen LogP contribution in [-0.4, -0.2) is 44.6 Å². The van der Waals surface area contributed by atoms with Crippen LogP contribution in [0.15, 0.2) is 58.4 Å². The number of rotatable bonds is 8. The van der Waals surface area contributed by atoms with E-state index >= 15 is 0 Å². The quantitative estimate of drug-likeness (QED) is 0.172. The van der Waals surface area contributed by atoms with Crippen molar-refractivity contribution < 1.29 is 8.42 Å². The first kappa shape index (κ1) is 25.1. The maximum Gasteiger partial charge on any atom is 0.240 e. The van der Waals surface area contributed by atoms with E-state index in [-0.39, 0.29) is 28.9 Å². The van der Waals surface area contributed by atoms with Crippen LogP contribution in [0.3, 0.4) is 0 Å². The third kappa shape index (κ3) is 6.40. The van der Waals surface area contributed by atoms with Gasteiger partial charge >= 0.3 is 0 Å². The molecule has 0 unspecified atom stereocenters. The molecule has 31 heavy (non-hydrogen) atoms. The molecular weight excluding hydrogens is 527 g/mol. The highest BCUT2D eigenvalue weighted by Gasteiger charge is 2.11. The summed E-state index contributed by atoms with van der Waals surface area (Å²) in [4.78, 5) is 9.08. The van der Waals surface area contributed by atoms with Gasteiger partial charge in [-0.2, -0.15) is 0 Å². The lowest BCUT2D eigenvalue weighted by Gasteiger charge is -2.13. The zero-order valence-electron chi connectivity index (χ0n) is 17.9. The fourth-order valence-electron chi connectivity index (χ4n) is 3.27. The van der Waals surface area contributed by atoms with Gasteiger partial charge in [-0.15, -0.1) is 24.0 Å². The number of halogens is 1. The molecule has 168 valence electrons. The zero-order chi connectivity index (χ0) is 21.6. The van der Waals surface area contributed by atoms with E-state index in [9.17, 15) is 8.42 Å². The summed E-state index contributed by atoms with van der Waals surface area (Å²) in [5, 5.41) is 6.52. The van der Waals surface area contributed by atoms with Gasteiger partial charge in [-0.3, -0.25) is 4.99 Å². The summed E-state index contributed by atoms with van der Waals surface area (Å²) in [6, 6.07) is 15.0. The molecule has 0 fully saturated rings. The van der Waals surface area contributed by atoms with E-state index in [1.165, 1.54) is 7.05 Å². The monoisotopic (exact) mass is 556 g/mol. The van der Waals surface area contributed by atoms with Crippen molar-refractivity contribution in [3.8, 4) is 0 Å². The second-order valence-corrected chi connectivity index (χ2v) is 8.75. The lowest BCUT2D eigenvalue weighted by molar-refractivity contribution is 0.588. The average molecular weight is 556 g/mol. The standard InChI is InChI=1S/C21H28N6O2S.HI/c1-16-26-19-10-4-5-11-20(19)27(16)13-7-12-24-21(22-2)25-15-17-8-6-9-18(14-17)30(28,29)23-3;/h4-6,8-11,14,23H,7,12-13,15H2,1-3H3,(H2,22,24,25);1H. The van der Waals surface area contributed by atoms with E-state index in [0.717, 1.165) is 41.9 Å². The number of para-hydroxylation sites is 2. The van der Waals surface area contributed by atoms with Gasteiger partial charge in [0.05, 0.1) is 15.9 Å². The summed E-state index contributed by atoms with van der Waals surface area (Å²) < 4.78 is 28.5. The molecule has 8 nitrogen and oxygen atoms in total. The number of hydrogen-bond donors (Lipinski definition) is 3. The molecule has 0 aliphatic heterocycles. The number of sulfonamides is 1. The van der Waals surface area contributed by atoms with Crippen molar-refractivity contribution in [2.45, 2.75) is 31.3 Å². The predicted octanol–water partition coefficient (Wildman–Crippen LogP) is 2.63. The van der Waals surface area contributed by atoms with Crippen LogP contribution in [0.1, 0.15) is 17.8 Å². The second-order valence-electron chi connectivity index (χ2n) is 6.86. The topological polar surface area (TPSA) is 100 Å². The Hall–Kier alpha value is -2.18. The van der Waals surface area contributed by atoms with Crippen molar-refractivity contribution in [2.75, 3.05) is 20.6 Å². The summed E-state index contributed by atoms with van der Waals surface area (Å²) in [6.07, 6.45) is 0.914. The van der Waals surface area contributed by atoms with Crippen LogP contribution in [0, 0.1) is 6.92 Å². The zero-order valence-corrected chi connectivity index (χ0v) is 21.1. The third-order valence-corrected chi connectivity index (χ3v) is 6.27. The van der Waals surface area contributed by atoms with E-state index in [1.807, 2.05) is 31.2 Å². The maximum atomic E-state index is 12.0. The van der Waals surface area contributed by atoms with Crippen LogP contribution >= 0.6 is 24.0 Å². The van der Waals surface area contributed by atoms with Gasteiger partial charge in [0.25, 0.3) is 0 Å². The lowest BCUT2D eigenvalue weighted by Crippen LogP contribution is -2.37. The Morgan fingerprint density at radius 3 is 2.65 bits per heavy atom. The minimum absolute atomic E-state index is 0. The minimum Gasteiger partial charge on any atom is -0.356 e. The molecule has 3 rings (SSSR count). The lowest BCUT2D eigenvalue weighted by atomic mass is 10.2. The summed E-state index contributed by atoms with van der Waals surface area (Å²) in [6.45, 7) is 4.11. The molecule has 1 aromatic heterocycles. The van der Waals surface area contributed by atoms with Gasteiger partial charge in [-0.25, -0.2) is 18.1 Å². The fraction of sp³-hybridized carbons (Fsp3) is 0.333. The summed E-state index contributed by atoms with van der Waals surface area (Å²) in [5.41, 5.74) is 3.02. The van der Waals surface area contributed by atoms with Gasteiger partial charge in [0.15, 0.2) is 5.96 Å². The Bertz CT molecular complexity index is 1140. The normalized spacial score (nSPS) is 11.9. The van der Waals surface area contributed by atoms with Crippen LogP contribution in [0.5, 0.6) is 0 Å². The van der Waals surface area contributed by atoms with E-state index in [2.05, 4.69) is 36.0 Å². The van der Waals surface area contributed by atoms with Crippen molar-refractivity contribution in [2.24, 2.45) is 4.99 Å². The number of imidazole rings is 1. The highest BCUT2D eigenvalue weighted by molar-refractivity contribution is 14.0. The third-order valence-electron chi connectivity index (χ3n) is 4.86. The average Bonchev–Trinajstić information content (AvgIpc) is 3.08. The van der Waals surface area contributed by atoms with Crippen molar-refractivity contribution in [1.29, 1.82) is 0 Å². The number of aliphatic imine (C=N–C) groups is 1. The largest absolute Gasteiger partial charge is 0.356 e. The van der Waals surface area contributed by atoms with Crippen molar-refractivity contribution >= 4 is 51.0 Å². The Morgan fingerprint density at radius 2 is 1.90 bits per heavy atom. The molecule has 0 aliphatic rings. The van der Waals surface area contributed by atoms with Gasteiger partial charge in [0.2, 0.25) is 10.0 Å². The number of benzene rings is 2. The molecule has 0 atom stereocenters. The molecule has 3 N–H and O–H groups in total. The first-order chi connectivity index (χ1) is 14.4. The smallest absolute Gasteiger partial charge is 0.240 e. The summed E-state index contributed by atoms with van der Waals surface area (Å²) >= 11 is 0. The van der Waals surface area contributed by atoms with Gasteiger partial charge in [0.1, 0.15) is 5.82 Å². The molecule has 1 heterocycles. The first-order valence-corrected chi connectivity index (χ1v) is 11.3. The SMILES string of the molecule is CN=C(NCCCn1c(C)nc2ccccc21)NCc1cccc(S(=O)(=O)NC)c1.I. The van der Waals surface area contributed by atoms with Crippen LogP contribution in [0.25, 0.3) is 11.0 Å². The van der Waals surface area contributed by atoms with Crippen LogP contribution < -0.4 is 15.4 Å². The molecule has 0 saturated carbocycles. The molecule has 2 aromatic carbocycles. The van der Waals surface area contributed by atoms with E-state index in [0.29, 0.717) is 12.5 Å². The number of fused-ring (bicyclic) bond motifs is 1. The first-order valence-electron chi connectivity index (χ1n) is 9.83. The van der Waals surface area contributed by atoms with E-state index in [1.54, 1.807) is 25.2 Å². The van der Waals surface area contributed by atoms with Crippen LogP contribution in [0.4, 0.5) is 0 Å². The molecular formula is C21H29IN6O2S. The van der Waals surface area contributed by atoms with E-state index in [4.69, 9.17) is 0 Å². The van der Waals surface area contributed by atoms with Crippen LogP contribution in [-0.2, 0) is 23.1 Å². The Kier molecular flexibility index (Phi) is 9.26. The molecule has 0 aliphatic carbocycles. The number of aryl methyl sites for hydroxylation is 2. The number of nitrogens with one attached hydrogen (secondary N) is 3. The number of aromatic nitrogens is 2. The molecule has 0 bridgehead atoms. The van der Waals surface area contributed by atoms with E-state index < -0.39 is 10.0 Å². The van der Waals surface area contributed by atoms with Gasteiger partial charge in [0, 0.05) is 26.7 Å². The number of guanidine groups is 1. The van der Waals surface area contributed by atoms with Crippen molar-refractivity contribution in [1.82, 2.24) is 24.9 Å². The molecule has 0 saturated heterocycles. The van der Waals surface area contributed by atoms with Crippen LogP contribution in [0.2, 0.25) is 0 Å². The van der Waals surface area contributed by atoms with Gasteiger partial charge in [-0.05, 0) is 50.2 Å².